The largest absolute Gasteiger partial charge is 0.573 e. The van der Waals surface area contributed by atoms with Crippen LogP contribution in [-0.2, 0) is 23.0 Å². The van der Waals surface area contributed by atoms with E-state index in [4.69, 9.17) is 0 Å². The van der Waals surface area contributed by atoms with Gasteiger partial charge in [-0.1, -0.05) is 73.7 Å². The van der Waals surface area contributed by atoms with Crippen LogP contribution >= 0.6 is 11.8 Å². The Kier molecular flexibility index (Phi) is 12.3. The number of nitrogens with one attached hydrogen (secondary N) is 2. The second kappa shape index (κ2) is 16.2. The van der Waals surface area contributed by atoms with Crippen LogP contribution in [0.3, 0.4) is 0 Å². The van der Waals surface area contributed by atoms with E-state index in [1.807, 2.05) is 37.3 Å². The third-order valence-electron chi connectivity index (χ3n) is 6.96. The highest BCUT2D eigenvalue weighted by molar-refractivity contribution is 7.99. The van der Waals surface area contributed by atoms with Gasteiger partial charge < -0.3 is 20.5 Å². The number of ether oxygens (including phenoxy) is 1. The quantitative estimate of drug-likeness (QED) is 0.126. The molecule has 3 N–H and O–H groups in total. The van der Waals surface area contributed by atoms with Crippen molar-refractivity contribution in [1.82, 2.24) is 10.6 Å². The molecule has 0 heterocycles. The molecule has 0 aliphatic rings. The smallest absolute Gasteiger partial charge is 0.406 e. The first-order valence-electron chi connectivity index (χ1n) is 14.7. The number of carbonyl (C=O) groups is 1. The van der Waals surface area contributed by atoms with Crippen molar-refractivity contribution in [2.75, 3.05) is 22.9 Å². The van der Waals surface area contributed by atoms with Crippen molar-refractivity contribution in [1.29, 1.82) is 0 Å². The topological polar surface area (TPSA) is 108 Å². The Hall–Kier alpha value is -4.04. The van der Waals surface area contributed by atoms with E-state index in [2.05, 4.69) is 15.4 Å². The van der Waals surface area contributed by atoms with Crippen molar-refractivity contribution < 1.29 is 36.2 Å². The SMILES string of the molecule is CCSc1cccc(C(=O)N[C@@H](Cc2ccccc2)[C@H](O)CNCc2cccc(OC(F)(F)F)c2)c1N(c1ccccc1)S(C)(=O)=O. The summed E-state index contributed by atoms with van der Waals surface area (Å²) in [5.74, 6) is -0.318. The van der Waals surface area contributed by atoms with Gasteiger partial charge >= 0.3 is 6.36 Å². The summed E-state index contributed by atoms with van der Waals surface area (Å²) in [4.78, 5) is 14.6. The van der Waals surface area contributed by atoms with Gasteiger partial charge in [-0.25, -0.2) is 12.7 Å². The number of carbonyl (C=O) groups excluding carboxylic acids is 1. The van der Waals surface area contributed by atoms with Crippen molar-refractivity contribution in [3.8, 4) is 5.75 Å². The Morgan fingerprint density at radius 1 is 0.936 bits per heavy atom. The number of hydrogen-bond acceptors (Lipinski definition) is 7. The highest BCUT2D eigenvalue weighted by Gasteiger charge is 2.32. The minimum Gasteiger partial charge on any atom is -0.406 e. The molecule has 0 spiro atoms. The zero-order chi connectivity index (χ0) is 34.0. The molecule has 13 heteroatoms. The van der Waals surface area contributed by atoms with E-state index in [9.17, 15) is 31.5 Å². The van der Waals surface area contributed by atoms with Crippen LogP contribution in [0.15, 0.2) is 108 Å². The standard InChI is InChI=1S/C34H36F3N3O5S2/c1-3-46-31-19-11-18-28(32(31)40(47(2,43)44)26-15-8-5-9-16-26)33(42)39-29(21-24-12-6-4-7-13-24)30(41)23-38-22-25-14-10-17-27(20-25)45-34(35,36)37/h4-20,29-30,38,41H,3,21-23H2,1-2H3,(H,39,42)/t29-,30+/m0/s1. The number of rotatable bonds is 15. The van der Waals surface area contributed by atoms with Gasteiger partial charge in [-0.15, -0.1) is 24.9 Å². The van der Waals surface area contributed by atoms with Crippen molar-refractivity contribution >= 4 is 39.1 Å². The predicted octanol–water partition coefficient (Wildman–Crippen LogP) is 6.29. The Morgan fingerprint density at radius 3 is 2.21 bits per heavy atom. The van der Waals surface area contributed by atoms with E-state index >= 15 is 0 Å². The van der Waals surface area contributed by atoms with E-state index in [1.54, 1.807) is 54.6 Å². The van der Waals surface area contributed by atoms with E-state index in [1.165, 1.54) is 30.0 Å². The molecule has 0 bridgehead atoms. The number of thioether (sulfide) groups is 1. The second-order valence-corrected chi connectivity index (χ2v) is 13.7. The van der Waals surface area contributed by atoms with Gasteiger partial charge in [0, 0.05) is 18.0 Å². The van der Waals surface area contributed by atoms with Gasteiger partial charge in [0.25, 0.3) is 5.91 Å². The maximum absolute atomic E-state index is 14.1. The van der Waals surface area contributed by atoms with Crippen molar-refractivity contribution in [3.63, 3.8) is 0 Å². The van der Waals surface area contributed by atoms with Gasteiger partial charge in [0.15, 0.2) is 0 Å². The fourth-order valence-electron chi connectivity index (χ4n) is 4.99. The molecule has 47 heavy (non-hydrogen) atoms. The van der Waals surface area contributed by atoms with Crippen LogP contribution in [0.4, 0.5) is 24.5 Å². The third-order valence-corrected chi connectivity index (χ3v) is 8.95. The first kappa shape index (κ1) is 35.8. The first-order valence-corrected chi connectivity index (χ1v) is 17.6. The zero-order valence-electron chi connectivity index (χ0n) is 25.8. The molecule has 2 atom stereocenters. The van der Waals surface area contributed by atoms with E-state index in [-0.39, 0.29) is 36.5 Å². The lowest BCUT2D eigenvalue weighted by atomic mass is 10.00. The monoisotopic (exact) mass is 687 g/mol. The van der Waals surface area contributed by atoms with Gasteiger partial charge in [-0.05, 0) is 59.7 Å². The average Bonchev–Trinajstić information content (AvgIpc) is 3.01. The lowest BCUT2D eigenvalue weighted by molar-refractivity contribution is -0.274. The molecule has 4 aromatic carbocycles. The molecule has 8 nitrogen and oxygen atoms in total. The summed E-state index contributed by atoms with van der Waals surface area (Å²) >= 11 is 1.40. The summed E-state index contributed by atoms with van der Waals surface area (Å²) < 4.78 is 69.6. The maximum Gasteiger partial charge on any atom is 0.573 e. The molecular weight excluding hydrogens is 652 g/mol. The zero-order valence-corrected chi connectivity index (χ0v) is 27.4. The van der Waals surface area contributed by atoms with Crippen LogP contribution in [0.5, 0.6) is 5.75 Å². The fourth-order valence-corrected chi connectivity index (χ4v) is 6.91. The number of para-hydroxylation sites is 2. The van der Waals surface area contributed by atoms with E-state index in [0.29, 0.717) is 21.9 Å². The summed E-state index contributed by atoms with van der Waals surface area (Å²) in [7, 11) is -3.90. The number of amides is 1. The van der Waals surface area contributed by atoms with Gasteiger partial charge in [-0.3, -0.25) is 4.79 Å². The van der Waals surface area contributed by atoms with Crippen LogP contribution < -0.4 is 19.7 Å². The van der Waals surface area contributed by atoms with Crippen molar-refractivity contribution in [3.05, 3.63) is 120 Å². The highest BCUT2D eigenvalue weighted by Crippen LogP contribution is 2.39. The Labute approximate surface area is 277 Å². The maximum atomic E-state index is 14.1. The molecule has 0 saturated heterocycles. The molecule has 0 unspecified atom stereocenters. The average molecular weight is 688 g/mol. The van der Waals surface area contributed by atoms with Crippen molar-refractivity contribution in [2.24, 2.45) is 0 Å². The normalized spacial score (nSPS) is 13.1. The van der Waals surface area contributed by atoms with Gasteiger partial charge in [0.2, 0.25) is 10.0 Å². The van der Waals surface area contributed by atoms with Gasteiger partial charge in [0.05, 0.1) is 35.3 Å². The summed E-state index contributed by atoms with van der Waals surface area (Å²) in [5, 5.41) is 17.3. The predicted molar refractivity (Wildman–Crippen MR) is 179 cm³/mol. The van der Waals surface area contributed by atoms with Crippen LogP contribution in [0, 0.1) is 0 Å². The molecule has 0 aliphatic heterocycles. The summed E-state index contributed by atoms with van der Waals surface area (Å²) in [6.07, 6.45) is -4.63. The van der Waals surface area contributed by atoms with Gasteiger partial charge in [0.1, 0.15) is 5.75 Å². The number of nitrogens with zero attached hydrogens (tertiary/aromatic N) is 1. The molecule has 0 saturated carbocycles. The van der Waals surface area contributed by atoms with Crippen LogP contribution in [-0.4, -0.2) is 56.5 Å². The number of aliphatic hydroxyl groups excluding tert-OH is 1. The minimum absolute atomic E-state index is 0.0137. The Bertz CT molecular complexity index is 1730. The number of aliphatic hydroxyl groups is 1. The second-order valence-electron chi connectivity index (χ2n) is 10.6. The molecular formula is C34H36F3N3O5S2. The first-order chi connectivity index (χ1) is 22.4. The molecule has 0 fully saturated rings. The van der Waals surface area contributed by atoms with Crippen LogP contribution in [0.2, 0.25) is 0 Å². The number of benzene rings is 4. The fraction of sp³-hybridized carbons (Fsp3) is 0.265. The van der Waals surface area contributed by atoms with Gasteiger partial charge in [-0.2, -0.15) is 0 Å². The minimum atomic E-state index is -4.82. The molecule has 0 radical (unpaired) electrons. The van der Waals surface area contributed by atoms with E-state index < -0.39 is 34.4 Å². The van der Waals surface area contributed by atoms with Crippen LogP contribution in [0.25, 0.3) is 0 Å². The lowest BCUT2D eigenvalue weighted by Crippen LogP contribution is -2.49. The van der Waals surface area contributed by atoms with E-state index in [0.717, 1.165) is 16.1 Å². The number of alkyl halides is 3. The lowest BCUT2D eigenvalue weighted by Gasteiger charge is -2.29. The summed E-state index contributed by atoms with van der Waals surface area (Å²) in [6, 6.07) is 27.4. The summed E-state index contributed by atoms with van der Waals surface area (Å²) in [5.41, 5.74) is 2.02. The Balaban J connectivity index is 1.61. The van der Waals surface area contributed by atoms with Crippen molar-refractivity contribution in [2.45, 2.75) is 43.3 Å². The summed E-state index contributed by atoms with van der Waals surface area (Å²) in [6.45, 7) is 2.03. The number of sulfonamides is 1. The molecule has 4 aromatic rings. The molecule has 0 aromatic heterocycles. The third kappa shape index (κ3) is 10.5. The number of hydrogen-bond donors (Lipinski definition) is 3. The van der Waals surface area contributed by atoms with Crippen LogP contribution in [0.1, 0.15) is 28.4 Å². The number of halogens is 3. The molecule has 0 aliphatic carbocycles. The Morgan fingerprint density at radius 2 is 1.57 bits per heavy atom. The molecule has 1 amide bonds. The number of anilines is 2. The molecule has 4 rings (SSSR count). The highest BCUT2D eigenvalue weighted by atomic mass is 32.2. The molecule has 250 valence electrons.